The van der Waals surface area contributed by atoms with E-state index in [4.69, 9.17) is 33.2 Å². The first-order valence-corrected chi connectivity index (χ1v) is 28.3. The number of benzene rings is 5. The van der Waals surface area contributed by atoms with E-state index in [9.17, 15) is 31.9 Å². The van der Waals surface area contributed by atoms with E-state index in [-0.39, 0.29) is 101 Å². The second kappa shape index (κ2) is 30.1. The van der Waals surface area contributed by atoms with Crippen molar-refractivity contribution in [2.75, 3.05) is 14.2 Å². The first-order chi connectivity index (χ1) is 40.0. The van der Waals surface area contributed by atoms with Gasteiger partial charge < -0.3 is 49.7 Å². The first kappa shape index (κ1) is 68.1. The Morgan fingerprint density at radius 3 is 1.53 bits per heavy atom. The van der Waals surface area contributed by atoms with Gasteiger partial charge in [-0.05, 0) is 151 Å². The van der Waals surface area contributed by atoms with Crippen LogP contribution in [0.25, 0.3) is 50.6 Å². The van der Waals surface area contributed by atoms with Crippen LogP contribution in [0.4, 0.5) is 17.6 Å². The molecule has 0 radical (unpaired) electrons. The van der Waals surface area contributed by atoms with Crippen molar-refractivity contribution in [2.24, 2.45) is 0 Å². The molecule has 0 bridgehead atoms. The quantitative estimate of drug-likeness (QED) is 0.0269. The minimum Gasteiger partial charge on any atom is -0.469 e. The topological polar surface area (TPSA) is 126 Å². The summed E-state index contributed by atoms with van der Waals surface area (Å²) >= 11 is 0. The van der Waals surface area contributed by atoms with E-state index in [2.05, 4.69) is 24.6 Å². The van der Waals surface area contributed by atoms with Gasteiger partial charge in [0.05, 0.1) is 51.5 Å². The van der Waals surface area contributed by atoms with Gasteiger partial charge in [-0.3, -0.25) is 9.59 Å². The minimum atomic E-state index is -0.975. The standard InChI is InChI=1S/C38H39F2NO6.C30H35F2NO4.CH3.Pd/c1-24(2)41-32(20-19-30-21-31(22-33(42)44-5)47-38(3,4)46-30)34(26-11-15-28(39)16-12-26)35(27-13-17-29(40)18-14-27)36(41)37(43)45-23-25-9-7-6-8-10-25;1-19(2)33-18-26(20-6-10-22(31)11-7-20)29(21-8-12-23(32)13-9-21)27(33)15-14-24-16-25(17-28(34)35-5)37-30(3,4)36-24;;/h6-20,24,30-31H,21-23H2,1-5H3;6-13,18-19,24-25H,14-17H2,1-5H3;1H3;/q;;-1;/b20-19+;;;/t30-,31-;24-,25-;;/m11../s1. The number of carbonyl (C=O) groups is 3. The molecule has 0 aliphatic carbocycles. The number of ether oxygens (including phenoxy) is 7. The Morgan fingerprint density at radius 2 is 1.05 bits per heavy atom. The number of rotatable bonds is 18. The summed E-state index contributed by atoms with van der Waals surface area (Å²) < 4.78 is 100. The summed E-state index contributed by atoms with van der Waals surface area (Å²) in [6.07, 6.45) is 7.17. The molecule has 5 aromatic carbocycles. The van der Waals surface area contributed by atoms with Crippen LogP contribution < -0.4 is 0 Å². The maximum absolute atomic E-state index is 14.2. The minimum absolute atomic E-state index is 0. The van der Waals surface area contributed by atoms with Crippen LogP contribution in [0.3, 0.4) is 0 Å². The monoisotopic (exact) mass is 1280 g/mol. The number of hydrogen-bond donors (Lipinski definition) is 0. The molecular formula is C69H77F4N2O10Pd-. The zero-order chi connectivity index (χ0) is 60.5. The molecule has 2 aromatic heterocycles. The van der Waals surface area contributed by atoms with Crippen molar-refractivity contribution >= 4 is 24.0 Å². The summed E-state index contributed by atoms with van der Waals surface area (Å²) in [5, 5.41) is 0. The Morgan fingerprint density at radius 1 is 0.593 bits per heavy atom. The van der Waals surface area contributed by atoms with Crippen molar-refractivity contribution in [3.05, 3.63) is 193 Å². The van der Waals surface area contributed by atoms with Crippen LogP contribution in [0.2, 0.25) is 0 Å². The van der Waals surface area contributed by atoms with Gasteiger partial charge in [-0.25, -0.2) is 22.4 Å². The van der Waals surface area contributed by atoms with E-state index in [0.717, 1.165) is 33.5 Å². The third-order valence-corrected chi connectivity index (χ3v) is 14.6. The molecule has 12 nitrogen and oxygen atoms in total. The summed E-state index contributed by atoms with van der Waals surface area (Å²) in [7, 11) is 2.71. The number of methoxy groups -OCH3 is 2. The number of halogens is 4. The largest absolute Gasteiger partial charge is 0.469 e. The van der Waals surface area contributed by atoms with Crippen molar-refractivity contribution in [3.63, 3.8) is 0 Å². The van der Waals surface area contributed by atoms with Crippen molar-refractivity contribution in [1.29, 1.82) is 0 Å². The molecule has 4 heterocycles. The summed E-state index contributed by atoms with van der Waals surface area (Å²) in [6.45, 7) is 15.5. The van der Waals surface area contributed by atoms with Gasteiger partial charge in [0.15, 0.2) is 11.6 Å². The molecule has 86 heavy (non-hydrogen) atoms. The van der Waals surface area contributed by atoms with E-state index in [1.165, 1.54) is 62.8 Å². The molecule has 7 aromatic rings. The smallest absolute Gasteiger partial charge is 0.355 e. The molecular weight excluding hydrogens is 1200 g/mol. The molecule has 9 rings (SSSR count). The molecule has 4 atom stereocenters. The third kappa shape index (κ3) is 17.4. The van der Waals surface area contributed by atoms with Crippen molar-refractivity contribution < 1.29 is 85.5 Å². The van der Waals surface area contributed by atoms with Gasteiger partial charge in [-0.2, -0.15) is 0 Å². The third-order valence-electron chi connectivity index (χ3n) is 14.6. The number of esters is 3. The van der Waals surface area contributed by atoms with Crippen LogP contribution >= 0.6 is 0 Å². The zero-order valence-corrected chi connectivity index (χ0v) is 52.1. The average Bonchev–Trinajstić information content (AvgIpc) is 2.06. The van der Waals surface area contributed by atoms with Crippen molar-refractivity contribution in [3.8, 4) is 44.5 Å². The molecule has 2 saturated heterocycles. The van der Waals surface area contributed by atoms with Crippen LogP contribution in [0.15, 0.2) is 140 Å². The predicted molar refractivity (Wildman–Crippen MR) is 321 cm³/mol. The Labute approximate surface area is 516 Å². The second-order valence-corrected chi connectivity index (χ2v) is 22.5. The fourth-order valence-corrected chi connectivity index (χ4v) is 11.1. The van der Waals surface area contributed by atoms with Crippen LogP contribution in [0, 0.1) is 30.7 Å². The second-order valence-electron chi connectivity index (χ2n) is 22.5. The van der Waals surface area contributed by atoms with Crippen LogP contribution in [-0.2, 0) is 76.2 Å². The molecule has 462 valence electrons. The molecule has 0 amide bonds. The summed E-state index contributed by atoms with van der Waals surface area (Å²) in [6, 6.07) is 34.2. The molecule has 2 aliphatic rings. The average molecular weight is 1280 g/mol. The van der Waals surface area contributed by atoms with E-state index >= 15 is 0 Å². The summed E-state index contributed by atoms with van der Waals surface area (Å²) in [5.41, 5.74) is 9.01. The molecule has 0 spiro atoms. The van der Waals surface area contributed by atoms with Gasteiger partial charge in [0.25, 0.3) is 0 Å². The van der Waals surface area contributed by atoms with Crippen molar-refractivity contribution in [2.45, 2.75) is 149 Å². The summed E-state index contributed by atoms with van der Waals surface area (Å²) in [5.74, 6) is -4.47. The molecule has 17 heteroatoms. The van der Waals surface area contributed by atoms with E-state index in [1.54, 1.807) is 62.4 Å². The number of aromatic nitrogens is 2. The maximum atomic E-state index is 14.2. The Kier molecular flexibility index (Phi) is 23.9. The van der Waals surface area contributed by atoms with E-state index < -0.39 is 41.4 Å². The van der Waals surface area contributed by atoms with Gasteiger partial charge in [0, 0.05) is 85.2 Å². The van der Waals surface area contributed by atoms with Gasteiger partial charge in [-0.1, -0.05) is 84.9 Å². The number of nitrogens with zero attached hydrogens (tertiary/aromatic N) is 2. The van der Waals surface area contributed by atoms with Gasteiger partial charge in [0.2, 0.25) is 0 Å². The van der Waals surface area contributed by atoms with Gasteiger partial charge >= 0.3 is 17.9 Å². The number of carbonyl (C=O) groups excluding carboxylic acids is 3. The maximum Gasteiger partial charge on any atom is 0.355 e. The number of hydrogen-bond acceptors (Lipinski definition) is 10. The zero-order valence-electron chi connectivity index (χ0n) is 50.6. The molecule has 2 aliphatic heterocycles. The predicted octanol–water partition coefficient (Wildman–Crippen LogP) is 16.1. The fourth-order valence-electron chi connectivity index (χ4n) is 11.1. The molecule has 0 unspecified atom stereocenters. The Balaban J connectivity index is 0.000000276. The van der Waals surface area contributed by atoms with Crippen LogP contribution in [0.1, 0.15) is 127 Å². The van der Waals surface area contributed by atoms with Gasteiger partial charge in [0.1, 0.15) is 35.6 Å². The van der Waals surface area contributed by atoms with Crippen LogP contribution in [0.5, 0.6) is 0 Å². The van der Waals surface area contributed by atoms with Gasteiger partial charge in [-0.15, -0.1) is 0 Å². The molecule has 0 saturated carbocycles. The summed E-state index contributed by atoms with van der Waals surface area (Å²) in [4.78, 5) is 38.1. The molecule has 0 N–H and O–H groups in total. The van der Waals surface area contributed by atoms with E-state index in [0.29, 0.717) is 53.6 Å². The Bertz CT molecular complexity index is 3400. The van der Waals surface area contributed by atoms with E-state index in [1.807, 2.05) is 74.7 Å². The Hall–Kier alpha value is -6.97. The normalized spacial score (nSPS) is 17.9. The van der Waals surface area contributed by atoms with Crippen molar-refractivity contribution in [1.82, 2.24) is 9.13 Å². The SMILES string of the molecule is COC(=O)C[C@H]1C[C@@H](/C=C/c2c(-c3ccc(F)cc3)c(-c3ccc(F)cc3)c(C(=O)OCc3ccccc3)n2C(C)C)OC(C)(C)O1.COC(=O)C[C@H]1C[C@@H](CCc2c(-c3ccc(F)cc3)c(-c3ccc(F)cc3)cn2C(C)C)OC(C)(C)O1.[CH3-].[Pd]. The first-order valence-electron chi connectivity index (χ1n) is 28.3. The fraction of sp³-hybridized carbons (Fsp3) is 0.362. The van der Waals surface area contributed by atoms with Crippen LogP contribution in [-0.4, -0.2) is 77.3 Å². The molecule has 2 fully saturated rings.